The van der Waals surface area contributed by atoms with Crippen LogP contribution in [0.2, 0.25) is 5.02 Å². The lowest BCUT2D eigenvalue weighted by molar-refractivity contribution is 0.103. The molecule has 0 fully saturated rings. The van der Waals surface area contributed by atoms with Crippen LogP contribution in [0.4, 0.5) is 5.13 Å². The molecule has 0 aliphatic carbocycles. The van der Waals surface area contributed by atoms with Gasteiger partial charge in [0, 0.05) is 15.8 Å². The van der Waals surface area contributed by atoms with Crippen LogP contribution >= 0.6 is 46.0 Å². The van der Waals surface area contributed by atoms with Crippen molar-refractivity contribution in [2.45, 2.75) is 17.0 Å². The Balaban J connectivity index is 1.30. The second-order valence-corrected chi connectivity index (χ2v) is 10.6. The fourth-order valence-electron chi connectivity index (χ4n) is 3.35. The van der Waals surface area contributed by atoms with Crippen LogP contribution in [0.1, 0.15) is 20.8 Å². The molecule has 2 aromatic heterocycles. The van der Waals surface area contributed by atoms with E-state index in [9.17, 15) is 4.79 Å². The molecule has 0 aliphatic heterocycles. The van der Waals surface area contributed by atoms with Crippen LogP contribution in [0.15, 0.2) is 65.0 Å². The van der Waals surface area contributed by atoms with E-state index in [1.54, 1.807) is 11.8 Å². The van der Waals surface area contributed by atoms with Crippen LogP contribution in [0.3, 0.4) is 0 Å². The van der Waals surface area contributed by atoms with Gasteiger partial charge in [-0.25, -0.2) is 0 Å². The number of benzene rings is 3. The molecule has 0 saturated carbocycles. The Labute approximate surface area is 196 Å². The lowest BCUT2D eigenvalue weighted by Crippen LogP contribution is -2.10. The number of thiophene rings is 1. The van der Waals surface area contributed by atoms with Crippen LogP contribution in [0.25, 0.3) is 20.9 Å². The first-order chi connectivity index (χ1) is 15.1. The molecule has 31 heavy (non-hydrogen) atoms. The van der Waals surface area contributed by atoms with Gasteiger partial charge in [-0.05, 0) is 34.9 Å². The molecule has 1 amide bonds. The van der Waals surface area contributed by atoms with Gasteiger partial charge in [0.05, 0.1) is 5.02 Å². The zero-order chi connectivity index (χ0) is 21.4. The van der Waals surface area contributed by atoms with Gasteiger partial charge in [-0.1, -0.05) is 89.3 Å². The highest BCUT2D eigenvalue weighted by atomic mass is 35.5. The van der Waals surface area contributed by atoms with Crippen molar-refractivity contribution in [3.05, 3.63) is 81.7 Å². The molecule has 0 spiro atoms. The van der Waals surface area contributed by atoms with Gasteiger partial charge in [0.1, 0.15) is 4.88 Å². The summed E-state index contributed by atoms with van der Waals surface area (Å²) in [6.45, 7) is 2.02. The molecule has 4 nitrogen and oxygen atoms in total. The van der Waals surface area contributed by atoms with Crippen molar-refractivity contribution in [2.75, 3.05) is 5.32 Å². The number of hydrogen-bond acceptors (Lipinski definition) is 6. The summed E-state index contributed by atoms with van der Waals surface area (Å²) < 4.78 is 1.81. The molecule has 5 aromatic rings. The van der Waals surface area contributed by atoms with E-state index < -0.39 is 0 Å². The van der Waals surface area contributed by atoms with E-state index >= 15 is 0 Å². The molecule has 0 aliphatic rings. The third kappa shape index (κ3) is 4.19. The number of nitrogens with one attached hydrogen (secondary N) is 1. The maximum absolute atomic E-state index is 12.8. The Kier molecular flexibility index (Phi) is 5.67. The highest BCUT2D eigenvalue weighted by Gasteiger charge is 2.19. The van der Waals surface area contributed by atoms with E-state index in [4.69, 9.17) is 11.6 Å². The fourth-order valence-corrected chi connectivity index (χ4v) is 6.61. The average Bonchev–Trinajstić information content (AvgIpc) is 3.36. The maximum Gasteiger partial charge on any atom is 0.269 e. The quantitative estimate of drug-likeness (QED) is 0.210. The number of nitrogens with zero attached hydrogens (tertiary/aromatic N) is 2. The third-order valence-corrected chi connectivity index (χ3v) is 8.53. The Hall–Kier alpha value is -2.45. The molecule has 8 heteroatoms. The predicted octanol–water partition coefficient (Wildman–Crippen LogP) is 7.41. The van der Waals surface area contributed by atoms with E-state index in [0.717, 1.165) is 25.7 Å². The molecule has 0 unspecified atom stereocenters. The number of anilines is 1. The predicted molar refractivity (Wildman–Crippen MR) is 133 cm³/mol. The first-order valence-electron chi connectivity index (χ1n) is 9.51. The van der Waals surface area contributed by atoms with E-state index in [1.807, 2.05) is 31.2 Å². The summed E-state index contributed by atoms with van der Waals surface area (Å²) in [6, 6.07) is 20.6. The summed E-state index contributed by atoms with van der Waals surface area (Å²) in [7, 11) is 0. The molecule has 0 bridgehead atoms. The number of rotatable bonds is 5. The minimum Gasteiger partial charge on any atom is -0.296 e. The zero-order valence-electron chi connectivity index (χ0n) is 16.4. The number of carbonyl (C=O) groups is 1. The molecule has 2 heterocycles. The van der Waals surface area contributed by atoms with E-state index in [2.05, 4.69) is 51.9 Å². The Bertz CT molecular complexity index is 1420. The van der Waals surface area contributed by atoms with Crippen LogP contribution < -0.4 is 5.32 Å². The molecule has 0 atom stereocenters. The summed E-state index contributed by atoms with van der Waals surface area (Å²) in [6.07, 6.45) is 0. The summed E-state index contributed by atoms with van der Waals surface area (Å²) in [5, 5.41) is 15.5. The Morgan fingerprint density at radius 3 is 2.77 bits per heavy atom. The van der Waals surface area contributed by atoms with Gasteiger partial charge in [0.25, 0.3) is 5.91 Å². The van der Waals surface area contributed by atoms with Crippen LogP contribution in [0, 0.1) is 6.92 Å². The number of aromatic nitrogens is 2. The number of fused-ring (bicyclic) bond motifs is 2. The monoisotopic (exact) mass is 481 g/mol. The van der Waals surface area contributed by atoms with Gasteiger partial charge >= 0.3 is 0 Å². The minimum absolute atomic E-state index is 0.259. The highest BCUT2D eigenvalue weighted by Crippen LogP contribution is 2.37. The number of amides is 1. The third-order valence-electron chi connectivity index (χ3n) is 4.85. The maximum atomic E-state index is 12.8. The highest BCUT2D eigenvalue weighted by molar-refractivity contribution is 8.00. The largest absolute Gasteiger partial charge is 0.296 e. The van der Waals surface area contributed by atoms with E-state index in [0.29, 0.717) is 15.0 Å². The second-order valence-electron chi connectivity index (χ2n) is 7.00. The topological polar surface area (TPSA) is 54.9 Å². The summed E-state index contributed by atoms with van der Waals surface area (Å²) in [5.74, 6) is 0.524. The molecule has 3 aromatic carbocycles. The first kappa shape index (κ1) is 20.5. The van der Waals surface area contributed by atoms with Gasteiger partial charge in [-0.15, -0.1) is 21.5 Å². The van der Waals surface area contributed by atoms with Crippen molar-refractivity contribution in [2.24, 2.45) is 0 Å². The molecule has 5 rings (SSSR count). The molecule has 0 saturated heterocycles. The van der Waals surface area contributed by atoms with Crippen molar-refractivity contribution >= 4 is 77.9 Å². The number of halogens is 1. The van der Waals surface area contributed by atoms with E-state index in [1.165, 1.54) is 39.0 Å². The lowest BCUT2D eigenvalue weighted by Gasteiger charge is -2.04. The van der Waals surface area contributed by atoms with Gasteiger partial charge in [-0.2, -0.15) is 0 Å². The molecular formula is C23H16ClN3OS3. The van der Waals surface area contributed by atoms with Crippen LogP contribution in [-0.4, -0.2) is 16.1 Å². The molecular weight excluding hydrogens is 466 g/mol. The van der Waals surface area contributed by atoms with Crippen molar-refractivity contribution in [1.29, 1.82) is 0 Å². The normalized spacial score (nSPS) is 11.3. The molecule has 0 radical (unpaired) electrons. The second kappa shape index (κ2) is 8.59. The summed E-state index contributed by atoms with van der Waals surface area (Å²) in [4.78, 5) is 13.3. The van der Waals surface area contributed by atoms with Crippen molar-refractivity contribution in [3.8, 4) is 0 Å². The number of hydrogen-bond donors (Lipinski definition) is 1. The number of aryl methyl sites for hydroxylation is 1. The van der Waals surface area contributed by atoms with Gasteiger partial charge < -0.3 is 0 Å². The number of thioether (sulfide) groups is 1. The zero-order valence-corrected chi connectivity index (χ0v) is 19.6. The summed E-state index contributed by atoms with van der Waals surface area (Å²) >= 11 is 10.8. The van der Waals surface area contributed by atoms with Crippen molar-refractivity contribution < 1.29 is 4.79 Å². The summed E-state index contributed by atoms with van der Waals surface area (Å²) in [5.41, 5.74) is 2.38. The number of carbonyl (C=O) groups excluding carboxylic acids is 1. The van der Waals surface area contributed by atoms with Crippen LogP contribution in [0.5, 0.6) is 0 Å². The Morgan fingerprint density at radius 2 is 1.87 bits per heavy atom. The fraction of sp³-hybridized carbons (Fsp3) is 0.0870. The van der Waals surface area contributed by atoms with Crippen LogP contribution in [-0.2, 0) is 5.75 Å². The standard InChI is InChI=1S/C23H16ClN3OS3/c1-13-9-10-17-18(11-13)30-20(19(17)24)21(28)25-22-26-27-23(31-22)29-12-15-7-4-6-14-5-2-3-8-16(14)15/h2-11H,12H2,1H3,(H,25,26,28). The van der Waals surface area contributed by atoms with Gasteiger partial charge in [0.2, 0.25) is 5.13 Å². The SMILES string of the molecule is Cc1ccc2c(Cl)c(C(=O)Nc3nnc(SCc4cccc5ccccc45)s3)sc2c1. The smallest absolute Gasteiger partial charge is 0.269 e. The van der Waals surface area contributed by atoms with Crippen molar-refractivity contribution in [1.82, 2.24) is 10.2 Å². The van der Waals surface area contributed by atoms with Crippen molar-refractivity contribution in [3.63, 3.8) is 0 Å². The van der Waals surface area contributed by atoms with Gasteiger partial charge in [-0.3, -0.25) is 10.1 Å². The molecule has 154 valence electrons. The average molecular weight is 482 g/mol. The Morgan fingerprint density at radius 1 is 1.03 bits per heavy atom. The molecule has 1 N–H and O–H groups in total. The van der Waals surface area contributed by atoms with E-state index in [-0.39, 0.29) is 5.91 Å². The minimum atomic E-state index is -0.259. The first-order valence-corrected chi connectivity index (χ1v) is 12.5. The van der Waals surface area contributed by atoms with Gasteiger partial charge in [0.15, 0.2) is 4.34 Å². The lowest BCUT2D eigenvalue weighted by atomic mass is 10.1.